The Hall–Kier alpha value is -2.16. The van der Waals surface area contributed by atoms with E-state index in [0.29, 0.717) is 0 Å². The van der Waals surface area contributed by atoms with Gasteiger partial charge in [-0.2, -0.15) is 0 Å². The number of hydrogen-bond donors (Lipinski definition) is 0. The number of unbranched alkanes of at least 4 members (excludes halogenated alkanes) is 11. The lowest BCUT2D eigenvalue weighted by Gasteiger charge is -2.07. The van der Waals surface area contributed by atoms with Crippen LogP contribution in [-0.2, 0) is 6.42 Å². The van der Waals surface area contributed by atoms with Gasteiger partial charge in [-0.15, -0.1) is 6.58 Å². The average molecular weight is 423 g/mol. The van der Waals surface area contributed by atoms with Crippen molar-refractivity contribution >= 4 is 0 Å². The Morgan fingerprint density at radius 2 is 1.39 bits per heavy atom. The molecule has 2 aromatic rings. The Morgan fingerprint density at radius 1 is 0.774 bits per heavy atom. The van der Waals surface area contributed by atoms with E-state index in [0.717, 1.165) is 43.0 Å². The SMILES string of the molecule is C=CCCCCCCOc1ccc(-c2ncc(CCCCCCCCCC)cn2)cc1. The van der Waals surface area contributed by atoms with Crippen molar-refractivity contribution < 1.29 is 4.74 Å². The summed E-state index contributed by atoms with van der Waals surface area (Å²) in [6, 6.07) is 8.13. The average Bonchev–Trinajstić information content (AvgIpc) is 2.81. The smallest absolute Gasteiger partial charge is 0.159 e. The number of benzene rings is 1. The zero-order chi connectivity index (χ0) is 22.0. The molecule has 0 N–H and O–H groups in total. The van der Waals surface area contributed by atoms with Crippen LogP contribution in [0, 0.1) is 0 Å². The number of aromatic nitrogens is 2. The summed E-state index contributed by atoms with van der Waals surface area (Å²) in [6.07, 6.45) is 23.7. The molecule has 0 aliphatic heterocycles. The fraction of sp³-hybridized carbons (Fsp3) is 0.571. The summed E-state index contributed by atoms with van der Waals surface area (Å²) in [4.78, 5) is 9.16. The molecule has 1 aromatic carbocycles. The second kappa shape index (κ2) is 16.5. The van der Waals surface area contributed by atoms with Crippen LogP contribution in [0.2, 0.25) is 0 Å². The van der Waals surface area contributed by atoms with Crippen molar-refractivity contribution in [1.29, 1.82) is 0 Å². The van der Waals surface area contributed by atoms with Gasteiger partial charge in [-0.1, -0.05) is 70.8 Å². The molecule has 0 amide bonds. The Labute approximate surface area is 190 Å². The predicted molar refractivity (Wildman–Crippen MR) is 133 cm³/mol. The van der Waals surface area contributed by atoms with Gasteiger partial charge in [0.15, 0.2) is 5.82 Å². The summed E-state index contributed by atoms with van der Waals surface area (Å²) in [7, 11) is 0. The molecule has 0 unspecified atom stereocenters. The highest BCUT2D eigenvalue weighted by molar-refractivity contribution is 5.55. The standard InChI is InChI=1S/C28H42N2O/c1-3-5-7-9-11-12-13-15-17-25-23-29-28(30-24-25)26-18-20-27(21-19-26)31-22-16-14-10-8-6-4-2/h4,18-21,23-24H,2-3,5-17,22H2,1H3. The van der Waals surface area contributed by atoms with Crippen molar-refractivity contribution in [2.45, 2.75) is 96.8 Å². The lowest BCUT2D eigenvalue weighted by molar-refractivity contribution is 0.305. The largest absolute Gasteiger partial charge is 0.494 e. The number of nitrogens with zero attached hydrogens (tertiary/aromatic N) is 2. The van der Waals surface area contributed by atoms with Gasteiger partial charge in [0.2, 0.25) is 0 Å². The van der Waals surface area contributed by atoms with Gasteiger partial charge >= 0.3 is 0 Å². The van der Waals surface area contributed by atoms with Gasteiger partial charge < -0.3 is 4.74 Å². The van der Waals surface area contributed by atoms with E-state index in [2.05, 4.69) is 23.5 Å². The van der Waals surface area contributed by atoms with Crippen LogP contribution in [-0.4, -0.2) is 16.6 Å². The van der Waals surface area contributed by atoms with E-state index in [1.165, 1.54) is 76.2 Å². The van der Waals surface area contributed by atoms with Gasteiger partial charge in [0.05, 0.1) is 6.61 Å². The molecule has 0 fully saturated rings. The highest BCUT2D eigenvalue weighted by Crippen LogP contribution is 2.20. The quantitative estimate of drug-likeness (QED) is 0.179. The zero-order valence-corrected chi connectivity index (χ0v) is 19.7. The second-order valence-electron chi connectivity index (χ2n) is 8.50. The molecule has 31 heavy (non-hydrogen) atoms. The third-order valence-electron chi connectivity index (χ3n) is 5.71. The van der Waals surface area contributed by atoms with Crippen LogP contribution in [0.1, 0.15) is 96.0 Å². The van der Waals surface area contributed by atoms with Crippen molar-refractivity contribution in [3.05, 3.63) is 54.9 Å². The van der Waals surface area contributed by atoms with Crippen molar-refractivity contribution in [3.8, 4) is 17.1 Å². The van der Waals surface area contributed by atoms with E-state index in [-0.39, 0.29) is 0 Å². The van der Waals surface area contributed by atoms with Crippen molar-refractivity contribution in [2.75, 3.05) is 6.61 Å². The van der Waals surface area contributed by atoms with Crippen molar-refractivity contribution in [3.63, 3.8) is 0 Å². The first-order valence-corrected chi connectivity index (χ1v) is 12.5. The Balaban J connectivity index is 1.63. The summed E-state index contributed by atoms with van der Waals surface area (Å²) >= 11 is 0. The zero-order valence-electron chi connectivity index (χ0n) is 19.7. The van der Waals surface area contributed by atoms with E-state index in [4.69, 9.17) is 4.74 Å². The first kappa shape index (κ1) is 25.1. The topological polar surface area (TPSA) is 35.0 Å². The number of allylic oxidation sites excluding steroid dienone is 1. The van der Waals surface area contributed by atoms with E-state index in [1.807, 2.05) is 42.7 Å². The van der Waals surface area contributed by atoms with Crippen LogP contribution in [0.4, 0.5) is 0 Å². The fourth-order valence-electron chi connectivity index (χ4n) is 3.73. The first-order chi connectivity index (χ1) is 15.3. The lowest BCUT2D eigenvalue weighted by atomic mass is 10.1. The van der Waals surface area contributed by atoms with Gasteiger partial charge in [-0.3, -0.25) is 0 Å². The van der Waals surface area contributed by atoms with Gasteiger partial charge in [0.1, 0.15) is 5.75 Å². The number of rotatable bonds is 18. The van der Waals surface area contributed by atoms with E-state index < -0.39 is 0 Å². The highest BCUT2D eigenvalue weighted by Gasteiger charge is 2.03. The second-order valence-corrected chi connectivity index (χ2v) is 8.50. The first-order valence-electron chi connectivity index (χ1n) is 12.5. The van der Waals surface area contributed by atoms with Crippen LogP contribution in [0.5, 0.6) is 5.75 Å². The number of aryl methyl sites for hydroxylation is 1. The Kier molecular flexibility index (Phi) is 13.4. The van der Waals surface area contributed by atoms with Gasteiger partial charge in [0.25, 0.3) is 0 Å². The number of ether oxygens (including phenoxy) is 1. The van der Waals surface area contributed by atoms with Crippen molar-refractivity contribution in [1.82, 2.24) is 9.97 Å². The molecule has 0 aliphatic carbocycles. The van der Waals surface area contributed by atoms with Crippen molar-refractivity contribution in [2.24, 2.45) is 0 Å². The minimum Gasteiger partial charge on any atom is -0.494 e. The summed E-state index contributed by atoms with van der Waals surface area (Å²) in [5.74, 6) is 1.70. The van der Waals surface area contributed by atoms with E-state index >= 15 is 0 Å². The van der Waals surface area contributed by atoms with Gasteiger partial charge in [0, 0.05) is 18.0 Å². The third-order valence-corrected chi connectivity index (χ3v) is 5.71. The highest BCUT2D eigenvalue weighted by atomic mass is 16.5. The lowest BCUT2D eigenvalue weighted by Crippen LogP contribution is -1.97. The van der Waals surface area contributed by atoms with Gasteiger partial charge in [-0.05, 0) is 61.9 Å². The van der Waals surface area contributed by atoms with E-state index in [1.54, 1.807) is 0 Å². The van der Waals surface area contributed by atoms with Crippen LogP contribution >= 0.6 is 0 Å². The molecule has 3 nitrogen and oxygen atoms in total. The summed E-state index contributed by atoms with van der Waals surface area (Å²) < 4.78 is 5.85. The Bertz CT molecular complexity index is 694. The molecule has 0 bridgehead atoms. The molecular formula is C28H42N2O. The molecule has 0 radical (unpaired) electrons. The molecule has 0 saturated carbocycles. The molecule has 1 aromatic heterocycles. The van der Waals surface area contributed by atoms with Crippen LogP contribution in [0.3, 0.4) is 0 Å². The molecule has 0 aliphatic rings. The Morgan fingerprint density at radius 3 is 2.06 bits per heavy atom. The normalized spacial score (nSPS) is 10.9. The monoisotopic (exact) mass is 422 g/mol. The molecule has 170 valence electrons. The summed E-state index contributed by atoms with van der Waals surface area (Å²) in [5, 5.41) is 0. The van der Waals surface area contributed by atoms with Crippen LogP contribution < -0.4 is 4.74 Å². The van der Waals surface area contributed by atoms with Gasteiger partial charge in [-0.25, -0.2) is 9.97 Å². The molecule has 0 atom stereocenters. The molecule has 2 rings (SSSR count). The number of hydrogen-bond acceptors (Lipinski definition) is 3. The third kappa shape index (κ3) is 11.1. The molecule has 0 spiro atoms. The maximum absolute atomic E-state index is 5.85. The fourth-order valence-corrected chi connectivity index (χ4v) is 3.73. The minimum absolute atomic E-state index is 0.775. The van der Waals surface area contributed by atoms with E-state index in [9.17, 15) is 0 Å². The molecule has 3 heteroatoms. The van der Waals surface area contributed by atoms with Crippen LogP contribution in [0.25, 0.3) is 11.4 Å². The molecule has 0 saturated heterocycles. The summed E-state index contributed by atoms with van der Waals surface area (Å²) in [5.41, 5.74) is 2.28. The predicted octanol–water partition coefficient (Wildman–Crippen LogP) is 8.34. The maximum Gasteiger partial charge on any atom is 0.159 e. The summed E-state index contributed by atoms with van der Waals surface area (Å²) in [6.45, 7) is 6.81. The minimum atomic E-state index is 0.775. The molecular weight excluding hydrogens is 380 g/mol. The molecule has 1 heterocycles. The maximum atomic E-state index is 5.85. The van der Waals surface area contributed by atoms with Crippen LogP contribution in [0.15, 0.2) is 49.3 Å².